The highest BCUT2D eigenvalue weighted by atomic mass is 16.4. The number of hydrogen-bond acceptors (Lipinski definition) is 4. The Balaban J connectivity index is 1.96. The fourth-order valence-electron chi connectivity index (χ4n) is 2.10. The number of azide groups is 1. The first-order valence-electron chi connectivity index (χ1n) is 6.35. The third kappa shape index (κ3) is 3.27. The number of furan rings is 1. The van der Waals surface area contributed by atoms with E-state index in [9.17, 15) is 4.79 Å². The van der Waals surface area contributed by atoms with Crippen LogP contribution in [0.3, 0.4) is 0 Å². The molecule has 7 nitrogen and oxygen atoms in total. The number of carbonyl (C=O) groups is 1. The SMILES string of the molecule is CCN1CCN(C(=O)c2ccc(CN=[N+]=[N-])o2)CC1. The van der Waals surface area contributed by atoms with Gasteiger partial charge in [0.1, 0.15) is 5.76 Å². The predicted octanol–water partition coefficient (Wildman–Crippen LogP) is 1.87. The van der Waals surface area contributed by atoms with Crippen molar-refractivity contribution in [1.29, 1.82) is 0 Å². The Morgan fingerprint density at radius 3 is 2.79 bits per heavy atom. The lowest BCUT2D eigenvalue weighted by molar-refractivity contribution is 0.0610. The first-order valence-corrected chi connectivity index (χ1v) is 6.35. The zero-order valence-corrected chi connectivity index (χ0v) is 10.9. The van der Waals surface area contributed by atoms with Gasteiger partial charge in [-0.1, -0.05) is 12.0 Å². The highest BCUT2D eigenvalue weighted by Crippen LogP contribution is 2.13. The standard InChI is InChI=1S/C12H17N5O2/c1-2-16-5-7-17(8-6-16)12(18)11-4-3-10(19-11)9-14-15-13/h3-4H,2,5-9H2,1H3. The fourth-order valence-corrected chi connectivity index (χ4v) is 2.10. The summed E-state index contributed by atoms with van der Waals surface area (Å²) in [5, 5.41) is 3.40. The number of amides is 1. The molecule has 7 heteroatoms. The molecule has 1 aliphatic heterocycles. The zero-order chi connectivity index (χ0) is 13.7. The monoisotopic (exact) mass is 263 g/mol. The van der Waals surface area contributed by atoms with Crippen molar-refractivity contribution in [3.8, 4) is 0 Å². The Hall–Kier alpha value is -1.98. The van der Waals surface area contributed by atoms with E-state index in [0.717, 1.165) is 32.7 Å². The van der Waals surface area contributed by atoms with Crippen LogP contribution in [-0.2, 0) is 6.54 Å². The second-order valence-corrected chi connectivity index (χ2v) is 4.38. The van der Waals surface area contributed by atoms with Gasteiger partial charge in [0.15, 0.2) is 5.76 Å². The lowest BCUT2D eigenvalue weighted by atomic mass is 10.3. The summed E-state index contributed by atoms with van der Waals surface area (Å²) >= 11 is 0. The van der Waals surface area contributed by atoms with E-state index in [-0.39, 0.29) is 12.5 Å². The summed E-state index contributed by atoms with van der Waals surface area (Å²) in [6, 6.07) is 3.31. The van der Waals surface area contributed by atoms with Gasteiger partial charge in [-0.2, -0.15) is 0 Å². The fraction of sp³-hybridized carbons (Fsp3) is 0.583. The molecule has 1 aromatic rings. The number of rotatable bonds is 4. The van der Waals surface area contributed by atoms with Crippen molar-refractivity contribution in [3.05, 3.63) is 34.1 Å². The van der Waals surface area contributed by atoms with Gasteiger partial charge in [-0.05, 0) is 24.2 Å². The Morgan fingerprint density at radius 1 is 1.42 bits per heavy atom. The van der Waals surface area contributed by atoms with E-state index in [0.29, 0.717) is 11.5 Å². The van der Waals surface area contributed by atoms with Crippen molar-refractivity contribution < 1.29 is 9.21 Å². The van der Waals surface area contributed by atoms with Crippen molar-refractivity contribution in [2.24, 2.45) is 5.11 Å². The smallest absolute Gasteiger partial charge is 0.289 e. The molecule has 1 fully saturated rings. The zero-order valence-electron chi connectivity index (χ0n) is 10.9. The largest absolute Gasteiger partial charge is 0.456 e. The Bertz CT molecular complexity index is 484. The minimum Gasteiger partial charge on any atom is -0.456 e. The van der Waals surface area contributed by atoms with Crippen LogP contribution in [0.25, 0.3) is 10.4 Å². The molecule has 19 heavy (non-hydrogen) atoms. The first-order chi connectivity index (χ1) is 9.24. The van der Waals surface area contributed by atoms with E-state index in [1.54, 1.807) is 17.0 Å². The molecule has 0 aliphatic carbocycles. The third-order valence-corrected chi connectivity index (χ3v) is 3.27. The van der Waals surface area contributed by atoms with Crippen molar-refractivity contribution >= 4 is 5.91 Å². The summed E-state index contributed by atoms with van der Waals surface area (Å²) in [4.78, 5) is 18.9. The van der Waals surface area contributed by atoms with Crippen LogP contribution >= 0.6 is 0 Å². The molecule has 1 aliphatic rings. The Labute approximate surface area is 111 Å². The molecule has 2 heterocycles. The van der Waals surface area contributed by atoms with Crippen molar-refractivity contribution in [1.82, 2.24) is 9.80 Å². The van der Waals surface area contributed by atoms with Gasteiger partial charge in [0, 0.05) is 31.1 Å². The minimum atomic E-state index is -0.0945. The summed E-state index contributed by atoms with van der Waals surface area (Å²) in [5.74, 6) is 0.726. The lowest BCUT2D eigenvalue weighted by Crippen LogP contribution is -2.48. The minimum absolute atomic E-state index is 0.0945. The topological polar surface area (TPSA) is 85.5 Å². The highest BCUT2D eigenvalue weighted by molar-refractivity contribution is 5.91. The van der Waals surface area contributed by atoms with Crippen LogP contribution in [0.5, 0.6) is 0 Å². The maximum atomic E-state index is 12.2. The summed E-state index contributed by atoms with van der Waals surface area (Å²) in [6.45, 7) is 6.50. The van der Waals surface area contributed by atoms with Gasteiger partial charge in [0.25, 0.3) is 5.91 Å². The van der Waals surface area contributed by atoms with Crippen molar-refractivity contribution in [2.75, 3.05) is 32.7 Å². The molecule has 0 saturated carbocycles. The summed E-state index contributed by atoms with van der Waals surface area (Å²) < 4.78 is 5.38. The van der Waals surface area contributed by atoms with Crippen LogP contribution < -0.4 is 0 Å². The molecular weight excluding hydrogens is 246 g/mol. The molecule has 0 unspecified atom stereocenters. The van der Waals surface area contributed by atoms with Gasteiger partial charge in [-0.15, -0.1) is 0 Å². The van der Waals surface area contributed by atoms with Crippen LogP contribution in [0.15, 0.2) is 21.7 Å². The van der Waals surface area contributed by atoms with E-state index in [4.69, 9.17) is 9.95 Å². The van der Waals surface area contributed by atoms with Gasteiger partial charge in [-0.3, -0.25) is 4.79 Å². The molecule has 0 atom stereocenters. The number of piperazine rings is 1. The average molecular weight is 263 g/mol. The van der Waals surface area contributed by atoms with E-state index in [1.165, 1.54) is 0 Å². The van der Waals surface area contributed by atoms with Crippen LogP contribution in [0.1, 0.15) is 23.2 Å². The summed E-state index contributed by atoms with van der Waals surface area (Å²) in [5.41, 5.74) is 8.23. The van der Waals surface area contributed by atoms with Crippen LogP contribution in [0.2, 0.25) is 0 Å². The van der Waals surface area contributed by atoms with Crippen LogP contribution in [0, 0.1) is 0 Å². The van der Waals surface area contributed by atoms with E-state index in [2.05, 4.69) is 21.8 Å². The van der Waals surface area contributed by atoms with Crippen molar-refractivity contribution in [2.45, 2.75) is 13.5 Å². The van der Waals surface area contributed by atoms with Crippen LogP contribution in [0.4, 0.5) is 0 Å². The Morgan fingerprint density at radius 2 is 2.16 bits per heavy atom. The summed E-state index contributed by atoms with van der Waals surface area (Å²) in [7, 11) is 0. The number of hydrogen-bond donors (Lipinski definition) is 0. The van der Waals surface area contributed by atoms with Gasteiger partial charge in [-0.25, -0.2) is 0 Å². The van der Waals surface area contributed by atoms with Gasteiger partial charge in [0.2, 0.25) is 0 Å². The van der Waals surface area contributed by atoms with Gasteiger partial charge in [0.05, 0.1) is 6.54 Å². The molecule has 0 radical (unpaired) electrons. The van der Waals surface area contributed by atoms with E-state index in [1.807, 2.05) is 0 Å². The number of nitrogens with zero attached hydrogens (tertiary/aromatic N) is 5. The third-order valence-electron chi connectivity index (χ3n) is 3.27. The lowest BCUT2D eigenvalue weighted by Gasteiger charge is -2.33. The molecular formula is C12H17N5O2. The molecule has 1 amide bonds. The second-order valence-electron chi connectivity index (χ2n) is 4.38. The molecule has 0 spiro atoms. The quantitative estimate of drug-likeness (QED) is 0.472. The summed E-state index contributed by atoms with van der Waals surface area (Å²) in [6.07, 6.45) is 0. The Kier molecular flexibility index (Phi) is 4.43. The van der Waals surface area contributed by atoms with Gasteiger partial charge < -0.3 is 14.2 Å². The molecule has 2 rings (SSSR count). The number of likely N-dealkylation sites (N-methyl/N-ethyl adjacent to an activating group) is 1. The normalized spacial score (nSPS) is 16.2. The molecule has 0 N–H and O–H groups in total. The van der Waals surface area contributed by atoms with Crippen molar-refractivity contribution in [3.63, 3.8) is 0 Å². The van der Waals surface area contributed by atoms with E-state index < -0.39 is 0 Å². The first kappa shape index (κ1) is 13.5. The molecule has 1 saturated heterocycles. The van der Waals surface area contributed by atoms with Gasteiger partial charge >= 0.3 is 0 Å². The second kappa shape index (κ2) is 6.26. The number of carbonyl (C=O) groups excluding carboxylic acids is 1. The maximum absolute atomic E-state index is 12.2. The highest BCUT2D eigenvalue weighted by Gasteiger charge is 2.23. The van der Waals surface area contributed by atoms with Crippen LogP contribution in [-0.4, -0.2) is 48.4 Å². The maximum Gasteiger partial charge on any atom is 0.289 e. The average Bonchev–Trinajstić information content (AvgIpc) is 2.93. The molecule has 102 valence electrons. The molecule has 0 bridgehead atoms. The predicted molar refractivity (Wildman–Crippen MR) is 69.6 cm³/mol. The van der Waals surface area contributed by atoms with E-state index >= 15 is 0 Å². The molecule has 0 aromatic carbocycles. The molecule has 1 aromatic heterocycles.